The zero-order valence-electron chi connectivity index (χ0n) is 14.3. The van der Waals surface area contributed by atoms with Crippen LogP contribution in [-0.2, 0) is 5.41 Å². The molecule has 0 aromatic heterocycles. The summed E-state index contributed by atoms with van der Waals surface area (Å²) in [4.78, 5) is 0. The summed E-state index contributed by atoms with van der Waals surface area (Å²) < 4.78 is 5.97. The topological polar surface area (TPSA) is 0 Å². The lowest BCUT2D eigenvalue weighted by atomic mass is 9.87. The summed E-state index contributed by atoms with van der Waals surface area (Å²) >= 11 is -0.132. The fourth-order valence-corrected chi connectivity index (χ4v) is 6.67. The highest BCUT2D eigenvalue weighted by atomic mass is 127. The van der Waals surface area contributed by atoms with Crippen LogP contribution in [0, 0.1) is 14.3 Å². The number of rotatable bonds is 4. The molecule has 0 spiro atoms. The minimum Gasteiger partial charge on any atom is -0.0619 e. The maximum atomic E-state index is 2.34. The third-order valence-electron chi connectivity index (χ3n) is 3.68. The van der Waals surface area contributed by atoms with Crippen LogP contribution >= 0.6 is 0 Å². The predicted molar refractivity (Wildman–Crippen MR) is 92.8 cm³/mol. The minimum absolute atomic E-state index is 0.0502. The van der Waals surface area contributed by atoms with Crippen molar-refractivity contribution < 1.29 is 42.4 Å². The van der Waals surface area contributed by atoms with Crippen LogP contribution in [0.2, 0.25) is 0 Å². The zero-order chi connectivity index (χ0) is 17.0. The fraction of sp³-hybridized carbons (Fsp3) is 0.182. The van der Waals surface area contributed by atoms with Gasteiger partial charge in [-0.05, 0) is 59.5 Å². The minimum atomic E-state index is -0.0818. The molecule has 122 valence electrons. The van der Waals surface area contributed by atoms with Gasteiger partial charge in [0.15, 0.2) is 14.3 Å². The Hall–Kier alpha value is -0.880. The monoisotopic (exact) mass is 540 g/mol. The van der Waals surface area contributed by atoms with Gasteiger partial charge in [-0.3, -0.25) is 0 Å². The molecular formula is C22H22I2+2. The number of hydrogen-bond donors (Lipinski definition) is 0. The molecule has 0 N–H and O–H groups in total. The number of hydrogen-bond acceptors (Lipinski definition) is 0. The molecule has 0 bridgehead atoms. The Balaban J connectivity index is 1.66. The van der Waals surface area contributed by atoms with E-state index >= 15 is 0 Å². The normalized spacial score (nSPS) is 11.5. The highest BCUT2D eigenvalue weighted by Gasteiger charge is 2.20. The predicted octanol–water partition coefficient (Wildman–Crippen LogP) is -0.759. The Labute approximate surface area is 166 Å². The molecule has 24 heavy (non-hydrogen) atoms. The van der Waals surface area contributed by atoms with E-state index in [1.54, 1.807) is 0 Å². The van der Waals surface area contributed by atoms with Crippen molar-refractivity contribution in [2.24, 2.45) is 0 Å². The van der Waals surface area contributed by atoms with E-state index < -0.39 is 0 Å². The molecule has 0 amide bonds. The summed E-state index contributed by atoms with van der Waals surface area (Å²) in [6, 6.07) is 29.4. The van der Waals surface area contributed by atoms with Gasteiger partial charge in [-0.1, -0.05) is 51.1 Å². The molecule has 2 heteroatoms. The van der Waals surface area contributed by atoms with Crippen LogP contribution in [-0.4, -0.2) is 0 Å². The molecule has 0 saturated carbocycles. The second kappa shape index (κ2) is 8.00. The molecule has 0 aliphatic heterocycles. The molecule has 0 radical (unpaired) electrons. The van der Waals surface area contributed by atoms with Gasteiger partial charge >= 0.3 is 42.4 Å². The summed E-state index contributed by atoms with van der Waals surface area (Å²) in [6.45, 7) is 6.81. The summed E-state index contributed by atoms with van der Waals surface area (Å²) in [5, 5.41) is 0. The van der Waals surface area contributed by atoms with Gasteiger partial charge in [0, 0.05) is 0 Å². The Bertz CT molecular complexity index is 767. The van der Waals surface area contributed by atoms with Gasteiger partial charge in [0.1, 0.15) is 0 Å². The van der Waals surface area contributed by atoms with Gasteiger partial charge in [0.25, 0.3) is 0 Å². The molecule has 0 atom stereocenters. The third kappa shape index (κ3) is 5.06. The Morgan fingerprint density at radius 2 is 0.875 bits per heavy atom. The fourth-order valence-electron chi connectivity index (χ4n) is 2.30. The SMILES string of the molecule is CC(C)(C)c1ccc([I+]c2ccc([I+]c3ccccc3)cc2)cc1. The average Bonchev–Trinajstić information content (AvgIpc) is 2.57. The first kappa shape index (κ1) is 17.9. The molecule has 0 heterocycles. The summed E-state index contributed by atoms with van der Waals surface area (Å²) in [6.07, 6.45) is 0. The Kier molecular flexibility index (Phi) is 5.98. The average molecular weight is 540 g/mol. The smallest absolute Gasteiger partial charge is 0.0619 e. The van der Waals surface area contributed by atoms with Crippen LogP contribution in [0.4, 0.5) is 0 Å². The quantitative estimate of drug-likeness (QED) is 0.383. The summed E-state index contributed by atoms with van der Waals surface area (Å²) in [5.41, 5.74) is 1.65. The second-order valence-electron chi connectivity index (χ2n) is 6.68. The second-order valence-corrected chi connectivity index (χ2v) is 12.7. The Morgan fingerprint density at radius 3 is 1.29 bits per heavy atom. The van der Waals surface area contributed by atoms with Gasteiger partial charge in [0.05, 0.1) is 0 Å². The van der Waals surface area contributed by atoms with E-state index in [1.165, 1.54) is 19.8 Å². The summed E-state index contributed by atoms with van der Waals surface area (Å²) in [5.74, 6) is 0. The third-order valence-corrected chi connectivity index (χ3v) is 9.05. The van der Waals surface area contributed by atoms with Crippen LogP contribution in [0.25, 0.3) is 0 Å². The highest BCUT2D eigenvalue weighted by Crippen LogP contribution is 2.20. The molecule has 0 fully saturated rings. The van der Waals surface area contributed by atoms with E-state index in [9.17, 15) is 0 Å². The van der Waals surface area contributed by atoms with E-state index in [2.05, 4.69) is 99.6 Å². The Morgan fingerprint density at radius 1 is 0.500 bits per heavy atom. The largest absolute Gasteiger partial charge is 0.357 e. The molecule has 0 nitrogen and oxygen atoms in total. The van der Waals surface area contributed by atoms with Gasteiger partial charge in [-0.25, -0.2) is 0 Å². The van der Waals surface area contributed by atoms with Crippen LogP contribution in [0.15, 0.2) is 78.9 Å². The summed E-state index contributed by atoms with van der Waals surface area (Å²) in [7, 11) is 0. The molecule has 3 aromatic rings. The molecule has 0 unspecified atom stereocenters. The first-order valence-corrected chi connectivity index (χ1v) is 12.4. The van der Waals surface area contributed by atoms with Crippen molar-refractivity contribution in [1.29, 1.82) is 0 Å². The van der Waals surface area contributed by atoms with E-state index in [4.69, 9.17) is 0 Å². The van der Waals surface area contributed by atoms with Crippen molar-refractivity contribution in [3.63, 3.8) is 0 Å². The first-order chi connectivity index (χ1) is 11.5. The standard InChI is InChI=1S/C22H22I2/c1-22(2,3)17-9-11-19(12-10-17)24-21-15-13-20(14-16-21)23-18-7-5-4-6-8-18/h4-16H,1-3H3/q+2. The van der Waals surface area contributed by atoms with Crippen LogP contribution in [0.1, 0.15) is 26.3 Å². The van der Waals surface area contributed by atoms with Crippen molar-refractivity contribution in [3.05, 3.63) is 98.7 Å². The molecule has 3 rings (SSSR count). The van der Waals surface area contributed by atoms with Crippen molar-refractivity contribution in [3.8, 4) is 0 Å². The van der Waals surface area contributed by atoms with E-state index in [0.29, 0.717) is 0 Å². The molecule has 0 saturated heterocycles. The maximum Gasteiger partial charge on any atom is 0.357 e. The van der Waals surface area contributed by atoms with Gasteiger partial charge in [-0.2, -0.15) is 0 Å². The lowest BCUT2D eigenvalue weighted by Gasteiger charge is -2.18. The van der Waals surface area contributed by atoms with E-state index in [1.807, 2.05) is 0 Å². The molecule has 3 aromatic carbocycles. The zero-order valence-corrected chi connectivity index (χ0v) is 18.6. The lowest BCUT2D eigenvalue weighted by molar-refractivity contribution is -0.603. The molecular weight excluding hydrogens is 518 g/mol. The van der Waals surface area contributed by atoms with Crippen LogP contribution in [0.3, 0.4) is 0 Å². The van der Waals surface area contributed by atoms with Gasteiger partial charge < -0.3 is 0 Å². The maximum absolute atomic E-state index is 2.34. The van der Waals surface area contributed by atoms with Crippen molar-refractivity contribution in [2.75, 3.05) is 0 Å². The van der Waals surface area contributed by atoms with Crippen molar-refractivity contribution >= 4 is 0 Å². The lowest BCUT2D eigenvalue weighted by Crippen LogP contribution is -3.62. The van der Waals surface area contributed by atoms with E-state index in [-0.39, 0.29) is 47.8 Å². The van der Waals surface area contributed by atoms with Gasteiger partial charge in [0.2, 0.25) is 0 Å². The van der Waals surface area contributed by atoms with Crippen LogP contribution in [0.5, 0.6) is 0 Å². The molecule has 0 aliphatic carbocycles. The first-order valence-electron chi connectivity index (χ1n) is 8.06. The van der Waals surface area contributed by atoms with Crippen molar-refractivity contribution in [1.82, 2.24) is 0 Å². The number of benzene rings is 3. The van der Waals surface area contributed by atoms with Crippen LogP contribution < -0.4 is 42.4 Å². The van der Waals surface area contributed by atoms with Gasteiger partial charge in [-0.15, -0.1) is 0 Å². The molecule has 0 aliphatic rings. The highest BCUT2D eigenvalue weighted by molar-refractivity contribution is 5.22. The van der Waals surface area contributed by atoms with Crippen molar-refractivity contribution in [2.45, 2.75) is 26.2 Å². The number of halogens is 2. The van der Waals surface area contributed by atoms with E-state index in [0.717, 1.165) is 0 Å².